The van der Waals surface area contributed by atoms with E-state index in [1.807, 2.05) is 0 Å². The molecule has 26 heavy (non-hydrogen) atoms. The number of aryl methyl sites for hydroxylation is 1. The smallest absolute Gasteiger partial charge is 0.274 e. The van der Waals surface area contributed by atoms with Crippen LogP contribution in [-0.4, -0.2) is 75.3 Å². The van der Waals surface area contributed by atoms with Gasteiger partial charge in [-0.3, -0.25) is 14.5 Å². The van der Waals surface area contributed by atoms with Gasteiger partial charge in [0.2, 0.25) is 0 Å². The lowest BCUT2D eigenvalue weighted by Gasteiger charge is -2.52. The largest absolute Gasteiger partial charge is 0.369 e. The minimum absolute atomic E-state index is 0.0881. The van der Waals surface area contributed by atoms with Gasteiger partial charge in [0.05, 0.1) is 37.7 Å². The Morgan fingerprint density at radius 1 is 1.31 bits per heavy atom. The molecule has 1 spiro atoms. The molecular formula is C16H19N5O4S. The molecule has 2 aliphatic rings. The molecule has 2 saturated heterocycles. The molecule has 0 bridgehead atoms. The Hall–Kier alpha value is -2.33. The Balaban J connectivity index is 1.42. The van der Waals surface area contributed by atoms with Crippen LogP contribution in [0.3, 0.4) is 0 Å². The maximum Gasteiger partial charge on any atom is 0.274 e. The normalized spacial score (nSPS) is 23.6. The number of carbonyl (C=O) groups is 1. The lowest BCUT2D eigenvalue weighted by molar-refractivity contribution is -0.121. The zero-order valence-electron chi connectivity index (χ0n) is 14.3. The summed E-state index contributed by atoms with van der Waals surface area (Å²) in [6, 6.07) is 1.75. The van der Waals surface area contributed by atoms with Crippen LogP contribution >= 0.6 is 0 Å². The Morgan fingerprint density at radius 3 is 2.73 bits per heavy atom. The standard InChI is InChI=1S/C16H19N5O4S/c1-12-14(18-5-4-17-12)15(22)20-9-16(10-20)11-26(23,24)13(8-25-16)7-21-6-2-3-19-21/h2-6,13H,7-11H2,1H3/t13-/m0/s1. The number of nitrogens with zero attached hydrogens (tertiary/aromatic N) is 5. The van der Waals surface area contributed by atoms with Gasteiger partial charge in [-0.1, -0.05) is 0 Å². The Kier molecular flexibility index (Phi) is 4.03. The number of hydrogen-bond acceptors (Lipinski definition) is 7. The molecule has 4 heterocycles. The number of hydrogen-bond donors (Lipinski definition) is 0. The predicted octanol–water partition coefficient (Wildman–Crippen LogP) is -0.310. The van der Waals surface area contributed by atoms with Crippen LogP contribution in [0.25, 0.3) is 0 Å². The summed E-state index contributed by atoms with van der Waals surface area (Å²) >= 11 is 0. The summed E-state index contributed by atoms with van der Waals surface area (Å²) in [7, 11) is -3.34. The summed E-state index contributed by atoms with van der Waals surface area (Å²) in [5.74, 6) is -0.337. The molecule has 2 aromatic heterocycles. The van der Waals surface area contributed by atoms with Gasteiger partial charge in [-0.25, -0.2) is 13.4 Å². The van der Waals surface area contributed by atoms with E-state index in [-0.39, 0.29) is 43.6 Å². The average Bonchev–Trinajstić information content (AvgIpc) is 3.07. The van der Waals surface area contributed by atoms with Gasteiger partial charge >= 0.3 is 0 Å². The van der Waals surface area contributed by atoms with E-state index >= 15 is 0 Å². The molecule has 2 aliphatic heterocycles. The van der Waals surface area contributed by atoms with E-state index in [0.29, 0.717) is 5.69 Å². The van der Waals surface area contributed by atoms with E-state index < -0.39 is 20.7 Å². The molecule has 0 N–H and O–H groups in total. The van der Waals surface area contributed by atoms with Crippen molar-refractivity contribution in [3.05, 3.63) is 42.2 Å². The van der Waals surface area contributed by atoms with Crippen LogP contribution < -0.4 is 0 Å². The van der Waals surface area contributed by atoms with Crippen LogP contribution in [0.5, 0.6) is 0 Å². The summed E-state index contributed by atoms with van der Waals surface area (Å²) in [6.45, 7) is 2.59. The highest BCUT2D eigenvalue weighted by atomic mass is 32.2. The molecule has 4 rings (SSSR count). The Morgan fingerprint density at radius 2 is 2.08 bits per heavy atom. The molecule has 0 aliphatic carbocycles. The highest BCUT2D eigenvalue weighted by Gasteiger charge is 2.54. The highest BCUT2D eigenvalue weighted by molar-refractivity contribution is 7.92. The first-order chi connectivity index (χ1) is 12.4. The van der Waals surface area contributed by atoms with Crippen molar-refractivity contribution in [3.8, 4) is 0 Å². The van der Waals surface area contributed by atoms with Crippen molar-refractivity contribution in [3.63, 3.8) is 0 Å². The van der Waals surface area contributed by atoms with Gasteiger partial charge in [0.1, 0.15) is 16.5 Å². The van der Waals surface area contributed by atoms with Gasteiger partial charge in [0.25, 0.3) is 5.91 Å². The predicted molar refractivity (Wildman–Crippen MR) is 91.2 cm³/mol. The SMILES string of the molecule is Cc1nccnc1C(=O)N1CC2(C1)CS(=O)(=O)[C@@H](Cn1cccn1)CO2. The van der Waals surface area contributed by atoms with Gasteiger partial charge < -0.3 is 9.64 Å². The number of sulfone groups is 1. The first kappa shape index (κ1) is 17.1. The van der Waals surface area contributed by atoms with E-state index in [2.05, 4.69) is 15.1 Å². The maximum atomic E-state index is 12.7. The monoisotopic (exact) mass is 377 g/mol. The van der Waals surface area contributed by atoms with E-state index in [4.69, 9.17) is 4.74 Å². The molecule has 2 fully saturated rings. The molecule has 0 saturated carbocycles. The van der Waals surface area contributed by atoms with Crippen LogP contribution in [0.15, 0.2) is 30.9 Å². The number of aromatic nitrogens is 4. The molecule has 9 nitrogen and oxygen atoms in total. The summed E-state index contributed by atoms with van der Waals surface area (Å²) in [5.41, 5.74) is 0.0260. The summed E-state index contributed by atoms with van der Waals surface area (Å²) < 4.78 is 32.8. The topological polar surface area (TPSA) is 107 Å². The highest BCUT2D eigenvalue weighted by Crippen LogP contribution is 2.33. The van der Waals surface area contributed by atoms with Crippen LogP contribution in [0, 0.1) is 6.92 Å². The van der Waals surface area contributed by atoms with Crippen molar-refractivity contribution in [2.45, 2.75) is 24.3 Å². The molecule has 2 aromatic rings. The van der Waals surface area contributed by atoms with Crippen molar-refractivity contribution in [2.75, 3.05) is 25.4 Å². The van der Waals surface area contributed by atoms with Crippen LogP contribution in [0.4, 0.5) is 0 Å². The number of likely N-dealkylation sites (tertiary alicyclic amines) is 1. The molecule has 10 heteroatoms. The second kappa shape index (κ2) is 6.13. The van der Waals surface area contributed by atoms with Gasteiger partial charge in [-0.05, 0) is 13.0 Å². The summed E-state index contributed by atoms with van der Waals surface area (Å²) in [6.07, 6.45) is 6.34. The van der Waals surface area contributed by atoms with E-state index in [9.17, 15) is 13.2 Å². The molecule has 0 unspecified atom stereocenters. The molecule has 1 amide bonds. The van der Waals surface area contributed by atoms with E-state index in [1.165, 1.54) is 12.4 Å². The summed E-state index contributed by atoms with van der Waals surface area (Å²) in [5, 5.41) is 3.43. The van der Waals surface area contributed by atoms with Crippen molar-refractivity contribution >= 4 is 15.7 Å². The first-order valence-electron chi connectivity index (χ1n) is 8.28. The zero-order valence-corrected chi connectivity index (χ0v) is 15.1. The maximum absolute atomic E-state index is 12.7. The van der Waals surface area contributed by atoms with Crippen LogP contribution in [0.1, 0.15) is 16.2 Å². The lowest BCUT2D eigenvalue weighted by atomic mass is 9.95. The van der Waals surface area contributed by atoms with Gasteiger partial charge in [0, 0.05) is 24.8 Å². The fourth-order valence-corrected chi connectivity index (χ4v) is 5.32. The van der Waals surface area contributed by atoms with Gasteiger partial charge in [0.15, 0.2) is 9.84 Å². The van der Waals surface area contributed by atoms with Gasteiger partial charge in [-0.15, -0.1) is 0 Å². The van der Waals surface area contributed by atoms with Crippen LogP contribution in [-0.2, 0) is 21.1 Å². The third kappa shape index (κ3) is 2.99. The third-order valence-corrected chi connectivity index (χ3v) is 7.06. The number of amides is 1. The molecule has 138 valence electrons. The van der Waals surface area contributed by atoms with Crippen molar-refractivity contribution < 1.29 is 17.9 Å². The third-order valence-electron chi connectivity index (χ3n) is 4.83. The van der Waals surface area contributed by atoms with E-state index in [1.54, 1.807) is 35.0 Å². The Bertz CT molecular complexity index is 922. The minimum Gasteiger partial charge on any atom is -0.369 e. The molecular weight excluding hydrogens is 358 g/mol. The van der Waals surface area contributed by atoms with Crippen molar-refractivity contribution in [1.29, 1.82) is 0 Å². The fraction of sp³-hybridized carbons (Fsp3) is 0.500. The number of carbonyl (C=O) groups excluding carboxylic acids is 1. The van der Waals surface area contributed by atoms with Crippen molar-refractivity contribution in [1.82, 2.24) is 24.6 Å². The average molecular weight is 377 g/mol. The quantitative estimate of drug-likeness (QED) is 0.722. The van der Waals surface area contributed by atoms with E-state index in [0.717, 1.165) is 0 Å². The summed E-state index contributed by atoms with van der Waals surface area (Å²) in [4.78, 5) is 22.2. The first-order valence-corrected chi connectivity index (χ1v) is 10.00. The zero-order chi connectivity index (χ0) is 18.4. The van der Waals surface area contributed by atoms with Crippen LogP contribution in [0.2, 0.25) is 0 Å². The molecule has 1 atom stereocenters. The number of rotatable bonds is 3. The number of ether oxygens (including phenoxy) is 1. The lowest BCUT2D eigenvalue weighted by Crippen LogP contribution is -2.70. The second-order valence-corrected chi connectivity index (χ2v) is 9.08. The van der Waals surface area contributed by atoms with Crippen molar-refractivity contribution in [2.24, 2.45) is 0 Å². The minimum atomic E-state index is -3.34. The molecule has 0 radical (unpaired) electrons. The fourth-order valence-electron chi connectivity index (χ4n) is 3.43. The Labute approximate surface area is 150 Å². The molecule has 0 aromatic carbocycles. The second-order valence-electron chi connectivity index (χ2n) is 6.80. The van der Waals surface area contributed by atoms with Gasteiger partial charge in [-0.2, -0.15) is 5.10 Å².